The van der Waals surface area contributed by atoms with Gasteiger partial charge in [-0.2, -0.15) is 8.78 Å². The molecule has 0 heterocycles. The number of halogens is 3. The van der Waals surface area contributed by atoms with Crippen LogP contribution in [-0.2, 0) is 0 Å². The van der Waals surface area contributed by atoms with E-state index in [1.807, 2.05) is 6.92 Å². The van der Waals surface area contributed by atoms with Gasteiger partial charge in [0.1, 0.15) is 5.75 Å². The van der Waals surface area contributed by atoms with Crippen molar-refractivity contribution in [3.8, 4) is 5.75 Å². The summed E-state index contributed by atoms with van der Waals surface area (Å²) in [5.41, 5.74) is 0.0988. The van der Waals surface area contributed by atoms with Gasteiger partial charge in [-0.1, -0.05) is 12.1 Å². The predicted molar refractivity (Wildman–Crippen MR) is 70.0 cm³/mol. The summed E-state index contributed by atoms with van der Waals surface area (Å²) in [5, 5.41) is 2.69. The van der Waals surface area contributed by atoms with Crippen molar-refractivity contribution in [1.29, 1.82) is 0 Å². The largest absolute Gasteiger partial charge is 0.434 e. The molecule has 3 nitrogen and oxygen atoms in total. The molecule has 1 N–H and O–H groups in total. The molecule has 0 aromatic heterocycles. The first-order chi connectivity index (χ1) is 9.00. The fourth-order valence-corrected chi connectivity index (χ4v) is 1.69. The smallest absolute Gasteiger partial charge is 0.387 e. The standard InChI is InChI=1S/C13H16ClF2NO2/c1-9(14)5-4-8-17-12(18)10-6-2-3-7-11(10)19-13(15)16/h2-3,6-7,9,13H,4-5,8H2,1H3,(H,17,18). The first-order valence-corrected chi connectivity index (χ1v) is 6.40. The second-order valence-electron chi connectivity index (χ2n) is 4.05. The van der Waals surface area contributed by atoms with Crippen molar-refractivity contribution in [3.05, 3.63) is 29.8 Å². The molecule has 0 saturated carbocycles. The Morgan fingerprint density at radius 2 is 2.11 bits per heavy atom. The quantitative estimate of drug-likeness (QED) is 0.617. The number of ether oxygens (including phenoxy) is 1. The molecule has 0 aliphatic carbocycles. The number of amides is 1. The number of hydrogen-bond acceptors (Lipinski definition) is 2. The lowest BCUT2D eigenvalue weighted by Crippen LogP contribution is -2.25. The number of nitrogens with one attached hydrogen (secondary N) is 1. The Morgan fingerprint density at radius 3 is 2.74 bits per heavy atom. The number of carbonyl (C=O) groups excluding carboxylic acids is 1. The molecule has 6 heteroatoms. The SMILES string of the molecule is CC(Cl)CCCNC(=O)c1ccccc1OC(F)F. The van der Waals surface area contributed by atoms with Crippen molar-refractivity contribution in [2.75, 3.05) is 6.54 Å². The number of carbonyl (C=O) groups is 1. The van der Waals surface area contributed by atoms with Gasteiger partial charge in [-0.15, -0.1) is 11.6 Å². The third-order valence-electron chi connectivity index (χ3n) is 2.41. The van der Waals surface area contributed by atoms with E-state index in [1.165, 1.54) is 18.2 Å². The van der Waals surface area contributed by atoms with Gasteiger partial charge in [0, 0.05) is 11.9 Å². The molecule has 1 unspecified atom stereocenters. The molecule has 0 fully saturated rings. The summed E-state index contributed by atoms with van der Waals surface area (Å²) in [6.07, 6.45) is 1.51. The van der Waals surface area contributed by atoms with Gasteiger partial charge in [-0.3, -0.25) is 4.79 Å². The fourth-order valence-electron chi connectivity index (χ4n) is 1.53. The number of rotatable bonds is 7. The van der Waals surface area contributed by atoms with Crippen LogP contribution in [0.5, 0.6) is 5.75 Å². The predicted octanol–water partition coefficient (Wildman–Crippen LogP) is 3.43. The second kappa shape index (κ2) is 7.94. The van der Waals surface area contributed by atoms with E-state index < -0.39 is 12.5 Å². The molecule has 1 amide bonds. The van der Waals surface area contributed by atoms with Crippen LogP contribution in [0.2, 0.25) is 0 Å². The lowest BCUT2D eigenvalue weighted by Gasteiger charge is -2.11. The van der Waals surface area contributed by atoms with Gasteiger partial charge in [0.2, 0.25) is 0 Å². The maximum absolute atomic E-state index is 12.2. The highest BCUT2D eigenvalue weighted by Gasteiger charge is 2.14. The summed E-state index contributed by atoms with van der Waals surface area (Å²) >= 11 is 5.78. The van der Waals surface area contributed by atoms with Crippen molar-refractivity contribution in [1.82, 2.24) is 5.32 Å². The molecule has 1 aromatic rings. The third-order valence-corrected chi connectivity index (χ3v) is 2.63. The van der Waals surface area contributed by atoms with E-state index in [0.717, 1.165) is 12.8 Å². The zero-order chi connectivity index (χ0) is 14.3. The average Bonchev–Trinajstić information content (AvgIpc) is 2.34. The molecular formula is C13H16ClF2NO2. The molecule has 19 heavy (non-hydrogen) atoms. The Hall–Kier alpha value is -1.36. The van der Waals surface area contributed by atoms with Crippen molar-refractivity contribution in [2.45, 2.75) is 31.8 Å². The normalized spacial score (nSPS) is 12.3. The Kier molecular flexibility index (Phi) is 6.56. The molecule has 0 aliphatic rings. The van der Waals surface area contributed by atoms with Crippen LogP contribution in [0, 0.1) is 0 Å². The topological polar surface area (TPSA) is 38.3 Å². The molecule has 0 spiro atoms. The van der Waals surface area contributed by atoms with Crippen LogP contribution in [0.4, 0.5) is 8.78 Å². The minimum absolute atomic E-state index is 0.0476. The highest BCUT2D eigenvalue weighted by atomic mass is 35.5. The molecule has 0 saturated heterocycles. The number of hydrogen-bond donors (Lipinski definition) is 1. The van der Waals surface area contributed by atoms with E-state index in [2.05, 4.69) is 10.1 Å². The van der Waals surface area contributed by atoms with Gasteiger partial charge in [0.15, 0.2) is 0 Å². The summed E-state index contributed by atoms with van der Waals surface area (Å²) in [5.74, 6) is -0.556. The van der Waals surface area contributed by atoms with E-state index in [0.29, 0.717) is 6.54 Å². The van der Waals surface area contributed by atoms with E-state index in [9.17, 15) is 13.6 Å². The molecule has 1 rings (SSSR count). The molecule has 0 radical (unpaired) electrons. The lowest BCUT2D eigenvalue weighted by molar-refractivity contribution is -0.0501. The van der Waals surface area contributed by atoms with Gasteiger partial charge in [-0.25, -0.2) is 0 Å². The van der Waals surface area contributed by atoms with Crippen LogP contribution in [-0.4, -0.2) is 24.4 Å². The molecule has 1 aromatic carbocycles. The highest BCUT2D eigenvalue weighted by molar-refractivity contribution is 6.20. The lowest BCUT2D eigenvalue weighted by atomic mass is 10.2. The summed E-state index contributed by atoms with van der Waals surface area (Å²) < 4.78 is 28.7. The van der Waals surface area contributed by atoms with Crippen molar-refractivity contribution in [2.24, 2.45) is 0 Å². The van der Waals surface area contributed by atoms with Crippen LogP contribution in [0.1, 0.15) is 30.1 Å². The number of para-hydroxylation sites is 1. The Morgan fingerprint density at radius 1 is 1.42 bits per heavy atom. The van der Waals surface area contributed by atoms with Gasteiger partial charge in [0.25, 0.3) is 5.91 Å². The molecule has 0 bridgehead atoms. The van der Waals surface area contributed by atoms with Crippen LogP contribution >= 0.6 is 11.6 Å². The van der Waals surface area contributed by atoms with Gasteiger partial charge in [-0.05, 0) is 31.9 Å². The Bertz CT molecular complexity index is 413. The van der Waals surface area contributed by atoms with Crippen LogP contribution in [0.3, 0.4) is 0 Å². The van der Waals surface area contributed by atoms with E-state index in [4.69, 9.17) is 11.6 Å². The Balaban J connectivity index is 2.56. The van der Waals surface area contributed by atoms with Crippen molar-refractivity contribution in [3.63, 3.8) is 0 Å². The minimum atomic E-state index is -2.95. The second-order valence-corrected chi connectivity index (χ2v) is 4.80. The average molecular weight is 292 g/mol. The summed E-state index contributed by atoms with van der Waals surface area (Å²) in [4.78, 5) is 11.8. The van der Waals surface area contributed by atoms with E-state index in [1.54, 1.807) is 6.07 Å². The van der Waals surface area contributed by atoms with E-state index >= 15 is 0 Å². The molecule has 106 valence electrons. The summed E-state index contributed by atoms with van der Waals surface area (Å²) in [6, 6.07) is 5.90. The monoisotopic (exact) mass is 291 g/mol. The first kappa shape index (κ1) is 15.7. The van der Waals surface area contributed by atoms with Crippen molar-refractivity contribution >= 4 is 17.5 Å². The Labute approximate surface area is 115 Å². The maximum Gasteiger partial charge on any atom is 0.387 e. The minimum Gasteiger partial charge on any atom is -0.434 e. The zero-order valence-corrected chi connectivity index (χ0v) is 11.3. The summed E-state index contributed by atoms with van der Waals surface area (Å²) in [7, 11) is 0. The zero-order valence-electron chi connectivity index (χ0n) is 10.5. The van der Waals surface area contributed by atoms with Crippen LogP contribution in [0.15, 0.2) is 24.3 Å². The molecule has 0 aliphatic heterocycles. The first-order valence-electron chi connectivity index (χ1n) is 5.97. The maximum atomic E-state index is 12.2. The summed E-state index contributed by atoms with van der Waals surface area (Å²) in [6.45, 7) is -0.639. The van der Waals surface area contributed by atoms with Crippen molar-refractivity contribution < 1.29 is 18.3 Å². The fraction of sp³-hybridized carbons (Fsp3) is 0.462. The van der Waals surface area contributed by atoms with E-state index in [-0.39, 0.29) is 16.7 Å². The molecular weight excluding hydrogens is 276 g/mol. The van der Waals surface area contributed by atoms with Gasteiger partial charge in [0.05, 0.1) is 5.56 Å². The van der Waals surface area contributed by atoms with Gasteiger partial charge >= 0.3 is 6.61 Å². The molecule has 1 atom stereocenters. The number of benzene rings is 1. The van der Waals surface area contributed by atoms with Crippen LogP contribution in [0.25, 0.3) is 0 Å². The third kappa shape index (κ3) is 5.87. The highest BCUT2D eigenvalue weighted by Crippen LogP contribution is 2.20. The van der Waals surface area contributed by atoms with Crippen LogP contribution < -0.4 is 10.1 Å². The van der Waals surface area contributed by atoms with Gasteiger partial charge < -0.3 is 10.1 Å². The number of alkyl halides is 3.